The van der Waals surface area contributed by atoms with Crippen LogP contribution in [-0.4, -0.2) is 14.2 Å². The van der Waals surface area contributed by atoms with Crippen LogP contribution in [0.1, 0.15) is 5.56 Å². The molecule has 1 rings (SSSR count). The summed E-state index contributed by atoms with van der Waals surface area (Å²) in [5, 5.41) is 0. The molecular weight excluding hydrogens is 183 g/mol. The highest BCUT2D eigenvalue weighted by Gasteiger charge is 2.04. The zero-order chi connectivity index (χ0) is 10.6. The van der Waals surface area contributed by atoms with Gasteiger partial charge in [0.15, 0.2) is 11.5 Å². The number of allylic oxidation sites excluding steroid dienone is 1. The molecule has 0 radical (unpaired) electrons. The van der Waals surface area contributed by atoms with Crippen molar-refractivity contribution < 1.29 is 13.9 Å². The van der Waals surface area contributed by atoms with Crippen molar-refractivity contribution in [1.82, 2.24) is 0 Å². The zero-order valence-corrected chi connectivity index (χ0v) is 8.34. The Kier molecular flexibility index (Phi) is 3.51. The van der Waals surface area contributed by atoms with Gasteiger partial charge in [-0.2, -0.15) is 0 Å². The lowest BCUT2D eigenvalue weighted by Gasteiger charge is -2.08. The molecule has 0 aliphatic heterocycles. The minimum atomic E-state index is -0.364. The van der Waals surface area contributed by atoms with Gasteiger partial charge in [0.05, 0.1) is 20.0 Å². The molecule has 2 nitrogen and oxygen atoms in total. The van der Waals surface area contributed by atoms with E-state index < -0.39 is 0 Å². The van der Waals surface area contributed by atoms with Crippen molar-refractivity contribution in [3.8, 4) is 11.5 Å². The first-order chi connectivity index (χ1) is 6.67. The standard InChI is InChI=1S/C11H13FO2/c1-8(12)6-9-4-5-10(13-2)11(7-9)14-3/h4-5,7H,1,6H2,2-3H3. The first-order valence-electron chi connectivity index (χ1n) is 4.21. The van der Waals surface area contributed by atoms with Crippen molar-refractivity contribution in [2.24, 2.45) is 0 Å². The summed E-state index contributed by atoms with van der Waals surface area (Å²) in [7, 11) is 3.11. The second-order valence-corrected chi connectivity index (χ2v) is 2.88. The van der Waals surface area contributed by atoms with Gasteiger partial charge >= 0.3 is 0 Å². The molecule has 0 aliphatic carbocycles. The molecule has 0 aliphatic rings. The van der Waals surface area contributed by atoms with Crippen molar-refractivity contribution in [2.45, 2.75) is 6.42 Å². The summed E-state index contributed by atoms with van der Waals surface area (Å²) in [5.74, 6) is 0.879. The minimum absolute atomic E-state index is 0.209. The van der Waals surface area contributed by atoms with Crippen molar-refractivity contribution in [2.75, 3.05) is 14.2 Å². The second kappa shape index (κ2) is 4.65. The normalized spacial score (nSPS) is 9.64. The van der Waals surface area contributed by atoms with Crippen LogP contribution in [0.5, 0.6) is 11.5 Å². The lowest BCUT2D eigenvalue weighted by Crippen LogP contribution is -1.92. The topological polar surface area (TPSA) is 18.5 Å². The van der Waals surface area contributed by atoms with E-state index in [1.165, 1.54) is 0 Å². The molecule has 3 heteroatoms. The highest BCUT2D eigenvalue weighted by molar-refractivity contribution is 5.43. The van der Waals surface area contributed by atoms with E-state index in [0.717, 1.165) is 5.56 Å². The molecule has 76 valence electrons. The average molecular weight is 196 g/mol. The fourth-order valence-electron chi connectivity index (χ4n) is 1.21. The van der Waals surface area contributed by atoms with Crippen molar-refractivity contribution in [3.05, 3.63) is 36.2 Å². The highest BCUT2D eigenvalue weighted by Crippen LogP contribution is 2.28. The lowest BCUT2D eigenvalue weighted by molar-refractivity contribution is 0.354. The molecule has 0 saturated heterocycles. The SMILES string of the molecule is C=C(F)Cc1ccc(OC)c(OC)c1. The molecule has 0 N–H and O–H groups in total. The molecule has 0 atom stereocenters. The number of ether oxygens (including phenoxy) is 2. The Hall–Kier alpha value is -1.51. The maximum absolute atomic E-state index is 12.5. The molecular formula is C11H13FO2. The van der Waals surface area contributed by atoms with Crippen LogP contribution in [0.4, 0.5) is 4.39 Å². The Labute approximate surface area is 83.0 Å². The van der Waals surface area contributed by atoms with Crippen LogP contribution >= 0.6 is 0 Å². The summed E-state index contributed by atoms with van der Waals surface area (Å²) in [6, 6.07) is 5.27. The molecule has 0 saturated carbocycles. The fraction of sp³-hybridized carbons (Fsp3) is 0.273. The molecule has 0 fully saturated rings. The Bertz CT molecular complexity index is 334. The summed E-state index contributed by atoms with van der Waals surface area (Å²) in [6.45, 7) is 3.21. The van der Waals surface area contributed by atoms with E-state index in [2.05, 4.69) is 6.58 Å². The van der Waals surface area contributed by atoms with Crippen molar-refractivity contribution >= 4 is 0 Å². The summed E-state index contributed by atoms with van der Waals surface area (Å²) >= 11 is 0. The van der Waals surface area contributed by atoms with Gasteiger partial charge in [0, 0.05) is 6.42 Å². The van der Waals surface area contributed by atoms with E-state index in [1.807, 2.05) is 0 Å². The molecule has 14 heavy (non-hydrogen) atoms. The summed E-state index contributed by atoms with van der Waals surface area (Å²) in [6.07, 6.45) is 0.209. The van der Waals surface area contributed by atoms with Gasteiger partial charge in [0.1, 0.15) is 0 Å². The average Bonchev–Trinajstić information content (AvgIpc) is 2.16. The largest absolute Gasteiger partial charge is 0.493 e. The number of benzene rings is 1. The number of rotatable bonds is 4. The van der Waals surface area contributed by atoms with Gasteiger partial charge in [0.25, 0.3) is 0 Å². The van der Waals surface area contributed by atoms with E-state index in [4.69, 9.17) is 9.47 Å². The van der Waals surface area contributed by atoms with Gasteiger partial charge in [-0.05, 0) is 17.7 Å². The van der Waals surface area contributed by atoms with E-state index >= 15 is 0 Å². The van der Waals surface area contributed by atoms with Crippen LogP contribution in [0.15, 0.2) is 30.6 Å². The Morgan fingerprint density at radius 2 is 1.93 bits per heavy atom. The van der Waals surface area contributed by atoms with E-state index in [0.29, 0.717) is 11.5 Å². The van der Waals surface area contributed by atoms with Crippen LogP contribution in [0.25, 0.3) is 0 Å². The quantitative estimate of drug-likeness (QED) is 0.737. The third-order valence-electron chi connectivity index (χ3n) is 1.84. The van der Waals surface area contributed by atoms with Gasteiger partial charge in [-0.3, -0.25) is 0 Å². The molecule has 1 aromatic carbocycles. The maximum atomic E-state index is 12.5. The molecule has 0 amide bonds. The predicted octanol–water partition coefficient (Wildman–Crippen LogP) is 2.73. The molecule has 0 bridgehead atoms. The molecule has 0 aromatic heterocycles. The van der Waals surface area contributed by atoms with Gasteiger partial charge in [-0.25, -0.2) is 4.39 Å². The molecule has 0 unspecified atom stereocenters. The lowest BCUT2D eigenvalue weighted by atomic mass is 10.1. The van der Waals surface area contributed by atoms with Crippen LogP contribution in [0.2, 0.25) is 0 Å². The van der Waals surface area contributed by atoms with Crippen LogP contribution in [0, 0.1) is 0 Å². The Morgan fingerprint density at radius 1 is 1.29 bits per heavy atom. The predicted molar refractivity (Wildman–Crippen MR) is 53.5 cm³/mol. The summed E-state index contributed by atoms with van der Waals surface area (Å²) in [5.41, 5.74) is 0.815. The maximum Gasteiger partial charge on any atom is 0.160 e. The monoisotopic (exact) mass is 196 g/mol. The first kappa shape index (κ1) is 10.6. The van der Waals surface area contributed by atoms with Gasteiger partial charge in [-0.15, -0.1) is 0 Å². The molecule has 1 aromatic rings. The first-order valence-corrected chi connectivity index (χ1v) is 4.21. The van der Waals surface area contributed by atoms with Crippen molar-refractivity contribution in [3.63, 3.8) is 0 Å². The number of methoxy groups -OCH3 is 2. The van der Waals surface area contributed by atoms with Crippen molar-refractivity contribution in [1.29, 1.82) is 0 Å². The van der Waals surface area contributed by atoms with Crippen LogP contribution < -0.4 is 9.47 Å². The zero-order valence-electron chi connectivity index (χ0n) is 8.34. The molecule has 0 heterocycles. The van der Waals surface area contributed by atoms with Crippen LogP contribution in [0.3, 0.4) is 0 Å². The molecule has 0 spiro atoms. The second-order valence-electron chi connectivity index (χ2n) is 2.88. The highest BCUT2D eigenvalue weighted by atomic mass is 19.1. The number of hydrogen-bond donors (Lipinski definition) is 0. The van der Waals surface area contributed by atoms with Gasteiger partial charge < -0.3 is 9.47 Å². The van der Waals surface area contributed by atoms with Crippen LogP contribution in [-0.2, 0) is 6.42 Å². The van der Waals surface area contributed by atoms with E-state index in [9.17, 15) is 4.39 Å². The summed E-state index contributed by atoms with van der Waals surface area (Å²) < 4.78 is 22.7. The minimum Gasteiger partial charge on any atom is -0.493 e. The Morgan fingerprint density at radius 3 is 2.43 bits per heavy atom. The fourth-order valence-corrected chi connectivity index (χ4v) is 1.21. The smallest absolute Gasteiger partial charge is 0.160 e. The number of halogens is 1. The third-order valence-corrected chi connectivity index (χ3v) is 1.84. The van der Waals surface area contributed by atoms with E-state index in [-0.39, 0.29) is 12.2 Å². The van der Waals surface area contributed by atoms with Gasteiger partial charge in [0.2, 0.25) is 0 Å². The summed E-state index contributed by atoms with van der Waals surface area (Å²) in [4.78, 5) is 0. The number of hydrogen-bond acceptors (Lipinski definition) is 2. The van der Waals surface area contributed by atoms with Gasteiger partial charge in [-0.1, -0.05) is 12.6 Å². The van der Waals surface area contributed by atoms with E-state index in [1.54, 1.807) is 32.4 Å². The third kappa shape index (κ3) is 2.49. The Balaban J connectivity index is 2.95.